The zero-order valence-electron chi connectivity index (χ0n) is 14.8. The summed E-state index contributed by atoms with van der Waals surface area (Å²) in [4.78, 5) is 0. The minimum absolute atomic E-state index is 0.0179. The van der Waals surface area contributed by atoms with E-state index in [1.165, 1.54) is 22.3 Å². The van der Waals surface area contributed by atoms with Gasteiger partial charge < -0.3 is 9.84 Å². The second kappa shape index (κ2) is 7.05. The Balaban J connectivity index is 1.60. The van der Waals surface area contributed by atoms with Crippen LogP contribution >= 0.6 is 0 Å². The molecule has 2 aromatic rings. The molecule has 1 aliphatic carbocycles. The molecule has 4 rings (SSSR count). The van der Waals surface area contributed by atoms with E-state index in [0.29, 0.717) is 12.8 Å². The Hall–Kier alpha value is -1.85. The first-order valence-electron chi connectivity index (χ1n) is 9.27. The summed E-state index contributed by atoms with van der Waals surface area (Å²) < 4.78 is 29.2. The van der Waals surface area contributed by atoms with Gasteiger partial charge in [-0.15, -0.1) is 0 Å². The molecule has 4 nitrogen and oxygen atoms in total. The van der Waals surface area contributed by atoms with Gasteiger partial charge in [-0.3, -0.25) is 0 Å². The maximum Gasteiger partial charge on any atom is 0.150 e. The van der Waals surface area contributed by atoms with Gasteiger partial charge in [-0.1, -0.05) is 18.2 Å². The van der Waals surface area contributed by atoms with Crippen molar-refractivity contribution in [1.82, 2.24) is 0 Å². The zero-order valence-corrected chi connectivity index (χ0v) is 15.6. The van der Waals surface area contributed by atoms with Crippen LogP contribution in [-0.4, -0.2) is 31.1 Å². The molecule has 0 bridgehead atoms. The number of aryl methyl sites for hydroxylation is 2. The summed E-state index contributed by atoms with van der Waals surface area (Å²) in [6.45, 7) is 0.0500. The summed E-state index contributed by atoms with van der Waals surface area (Å²) in [7, 11) is -2.87. The number of hydrogen-bond acceptors (Lipinski definition) is 4. The molecule has 0 radical (unpaired) electrons. The van der Waals surface area contributed by atoms with E-state index in [1.807, 2.05) is 12.1 Å². The van der Waals surface area contributed by atoms with Crippen molar-refractivity contribution >= 4 is 9.84 Å². The molecule has 1 fully saturated rings. The molecule has 5 heteroatoms. The summed E-state index contributed by atoms with van der Waals surface area (Å²) >= 11 is 0. The smallest absolute Gasteiger partial charge is 0.150 e. The fraction of sp³-hybridized carbons (Fsp3) is 0.429. The van der Waals surface area contributed by atoms with Gasteiger partial charge in [-0.25, -0.2) is 8.42 Å². The van der Waals surface area contributed by atoms with Gasteiger partial charge >= 0.3 is 0 Å². The second-order valence-corrected chi connectivity index (χ2v) is 9.59. The van der Waals surface area contributed by atoms with Crippen LogP contribution in [0.15, 0.2) is 36.4 Å². The SMILES string of the molecule is O=S1(=O)CCC(Oc2ccc3c(c2)CCCc2ccc(CO)cc2-3)CC1. The van der Waals surface area contributed by atoms with Gasteiger partial charge in [-0.2, -0.15) is 0 Å². The maximum atomic E-state index is 11.6. The van der Waals surface area contributed by atoms with Gasteiger partial charge in [0, 0.05) is 0 Å². The highest BCUT2D eigenvalue weighted by Gasteiger charge is 2.25. The second-order valence-electron chi connectivity index (χ2n) is 7.29. The van der Waals surface area contributed by atoms with Crippen molar-refractivity contribution in [1.29, 1.82) is 0 Å². The summed E-state index contributed by atoms with van der Waals surface area (Å²) in [5.74, 6) is 1.27. The molecular formula is C21H24O4S. The highest BCUT2D eigenvalue weighted by atomic mass is 32.2. The van der Waals surface area contributed by atoms with E-state index >= 15 is 0 Å². The van der Waals surface area contributed by atoms with Crippen LogP contribution in [0.3, 0.4) is 0 Å². The van der Waals surface area contributed by atoms with Crippen molar-refractivity contribution in [2.75, 3.05) is 11.5 Å². The van der Waals surface area contributed by atoms with Crippen LogP contribution in [-0.2, 0) is 29.3 Å². The number of aliphatic hydroxyl groups excluding tert-OH is 1. The van der Waals surface area contributed by atoms with Gasteiger partial charge in [-0.05, 0) is 78.1 Å². The summed E-state index contributed by atoms with van der Waals surface area (Å²) in [5.41, 5.74) is 5.94. The van der Waals surface area contributed by atoms with Crippen LogP contribution in [0.5, 0.6) is 5.75 Å². The minimum Gasteiger partial charge on any atom is -0.490 e. The molecule has 1 heterocycles. The molecule has 1 aliphatic heterocycles. The average Bonchev–Trinajstić information content (AvgIpc) is 2.81. The highest BCUT2D eigenvalue weighted by Crippen LogP contribution is 2.35. The molecule has 0 unspecified atom stereocenters. The predicted octanol–water partition coefficient (Wildman–Crippen LogP) is 3.29. The van der Waals surface area contributed by atoms with Gasteiger partial charge in [0.05, 0.1) is 18.1 Å². The van der Waals surface area contributed by atoms with Gasteiger partial charge in [0.15, 0.2) is 9.84 Å². The number of sulfone groups is 1. The van der Waals surface area contributed by atoms with Crippen LogP contribution < -0.4 is 4.74 Å². The zero-order chi connectivity index (χ0) is 18.1. The van der Waals surface area contributed by atoms with Crippen molar-refractivity contribution in [3.8, 4) is 16.9 Å². The molecule has 0 atom stereocenters. The van der Waals surface area contributed by atoms with E-state index in [2.05, 4.69) is 24.3 Å². The quantitative estimate of drug-likeness (QED) is 0.898. The Morgan fingerprint density at radius 3 is 2.50 bits per heavy atom. The molecule has 2 aromatic carbocycles. The Bertz CT molecular complexity index is 904. The number of hydrogen-bond donors (Lipinski definition) is 1. The Kier molecular flexibility index (Phi) is 4.76. The van der Waals surface area contributed by atoms with Crippen LogP contribution in [0.25, 0.3) is 11.1 Å². The third-order valence-electron chi connectivity index (χ3n) is 5.42. The Morgan fingerprint density at radius 2 is 1.73 bits per heavy atom. The largest absolute Gasteiger partial charge is 0.490 e. The predicted molar refractivity (Wildman–Crippen MR) is 102 cm³/mol. The van der Waals surface area contributed by atoms with Crippen LogP contribution in [0.1, 0.15) is 36.0 Å². The molecule has 0 spiro atoms. The van der Waals surface area contributed by atoms with Gasteiger partial charge in [0.25, 0.3) is 0 Å². The topological polar surface area (TPSA) is 63.6 Å². The van der Waals surface area contributed by atoms with Crippen molar-refractivity contribution in [3.05, 3.63) is 53.1 Å². The van der Waals surface area contributed by atoms with Crippen LogP contribution in [0.2, 0.25) is 0 Å². The van der Waals surface area contributed by atoms with Gasteiger partial charge in [0.1, 0.15) is 11.9 Å². The Morgan fingerprint density at radius 1 is 0.962 bits per heavy atom. The minimum atomic E-state index is -2.87. The normalized spacial score (nSPS) is 19.3. The van der Waals surface area contributed by atoms with E-state index in [1.54, 1.807) is 0 Å². The number of benzene rings is 2. The van der Waals surface area contributed by atoms with Crippen molar-refractivity contribution in [2.24, 2.45) is 0 Å². The van der Waals surface area contributed by atoms with E-state index < -0.39 is 9.84 Å². The Labute approximate surface area is 154 Å². The van der Waals surface area contributed by atoms with Crippen LogP contribution in [0, 0.1) is 0 Å². The first-order valence-corrected chi connectivity index (χ1v) is 11.1. The summed E-state index contributed by atoms with van der Waals surface area (Å²) in [6.07, 6.45) is 4.24. The molecule has 0 amide bonds. The number of aliphatic hydroxyl groups is 1. The molecule has 1 N–H and O–H groups in total. The van der Waals surface area contributed by atoms with E-state index in [4.69, 9.17) is 4.74 Å². The fourth-order valence-corrected chi connectivity index (χ4v) is 5.40. The molecule has 0 aromatic heterocycles. The highest BCUT2D eigenvalue weighted by molar-refractivity contribution is 7.91. The average molecular weight is 372 g/mol. The monoisotopic (exact) mass is 372 g/mol. The first-order chi connectivity index (χ1) is 12.5. The first kappa shape index (κ1) is 17.6. The molecule has 26 heavy (non-hydrogen) atoms. The number of ether oxygens (including phenoxy) is 1. The lowest BCUT2D eigenvalue weighted by Gasteiger charge is -2.24. The van der Waals surface area contributed by atoms with E-state index in [9.17, 15) is 13.5 Å². The standard InChI is InChI=1S/C21H24O4S/c22-14-15-4-5-16-2-1-3-17-13-19(6-7-20(17)21(16)12-15)25-18-8-10-26(23,24)11-9-18/h4-7,12-13,18,22H,1-3,8-11,14H2. The van der Waals surface area contributed by atoms with E-state index in [-0.39, 0.29) is 24.2 Å². The lowest BCUT2D eigenvalue weighted by Crippen LogP contribution is -2.30. The number of fused-ring (bicyclic) bond motifs is 3. The summed E-state index contributed by atoms with van der Waals surface area (Å²) in [5, 5.41) is 9.46. The fourth-order valence-electron chi connectivity index (χ4n) is 3.95. The molecule has 0 saturated carbocycles. The third kappa shape index (κ3) is 3.64. The molecule has 138 valence electrons. The molecule has 2 aliphatic rings. The van der Waals surface area contributed by atoms with E-state index in [0.717, 1.165) is 30.6 Å². The maximum absolute atomic E-state index is 11.6. The van der Waals surface area contributed by atoms with Crippen molar-refractivity contribution in [2.45, 2.75) is 44.8 Å². The van der Waals surface area contributed by atoms with Crippen molar-refractivity contribution < 1.29 is 18.3 Å². The lowest BCUT2D eigenvalue weighted by molar-refractivity contribution is 0.189. The van der Waals surface area contributed by atoms with Crippen LogP contribution in [0.4, 0.5) is 0 Å². The lowest BCUT2D eigenvalue weighted by atomic mass is 9.95. The summed E-state index contributed by atoms with van der Waals surface area (Å²) in [6, 6.07) is 12.4. The van der Waals surface area contributed by atoms with Gasteiger partial charge in [0.2, 0.25) is 0 Å². The molecule has 1 saturated heterocycles. The number of rotatable bonds is 3. The molecular weight excluding hydrogens is 348 g/mol. The third-order valence-corrected chi connectivity index (χ3v) is 7.14. The van der Waals surface area contributed by atoms with Crippen molar-refractivity contribution in [3.63, 3.8) is 0 Å².